The monoisotopic (exact) mass is 250 g/mol. The van der Waals surface area contributed by atoms with E-state index in [0.29, 0.717) is 23.8 Å². The molecule has 18 heavy (non-hydrogen) atoms. The molecule has 3 fully saturated rings. The maximum absolute atomic E-state index is 12.6. The van der Waals surface area contributed by atoms with Crippen LogP contribution in [-0.4, -0.2) is 30.4 Å². The second-order valence-electron chi connectivity index (χ2n) is 6.58. The molecule has 2 N–H and O–H groups in total. The summed E-state index contributed by atoms with van der Waals surface area (Å²) in [5.41, 5.74) is 5.88. The molecule has 0 radical (unpaired) electrons. The van der Waals surface area contributed by atoms with Crippen LogP contribution in [0.4, 0.5) is 0 Å². The van der Waals surface area contributed by atoms with Gasteiger partial charge in [-0.15, -0.1) is 0 Å². The molecule has 0 aromatic heterocycles. The molecule has 3 nitrogen and oxygen atoms in total. The van der Waals surface area contributed by atoms with E-state index in [9.17, 15) is 4.79 Å². The fraction of sp³-hybridized carbons (Fsp3) is 0.933. The van der Waals surface area contributed by atoms with Crippen molar-refractivity contribution < 1.29 is 4.79 Å². The Hall–Kier alpha value is -0.570. The summed E-state index contributed by atoms with van der Waals surface area (Å²) in [6, 6.07) is 0.414. The van der Waals surface area contributed by atoms with Gasteiger partial charge in [-0.25, -0.2) is 0 Å². The molecular weight excluding hydrogens is 224 g/mol. The first-order chi connectivity index (χ1) is 8.74. The average molecular weight is 250 g/mol. The van der Waals surface area contributed by atoms with Crippen LogP contribution in [0.5, 0.6) is 0 Å². The Morgan fingerprint density at radius 2 is 1.78 bits per heavy atom. The summed E-state index contributed by atoms with van der Waals surface area (Å²) in [6.45, 7) is 0.736. The minimum absolute atomic E-state index is 0.379. The lowest BCUT2D eigenvalue weighted by atomic mass is 9.83. The topological polar surface area (TPSA) is 46.3 Å². The van der Waals surface area contributed by atoms with Gasteiger partial charge in [0.05, 0.1) is 0 Å². The molecule has 0 bridgehead atoms. The van der Waals surface area contributed by atoms with Crippen LogP contribution in [0.3, 0.4) is 0 Å². The van der Waals surface area contributed by atoms with Crippen molar-refractivity contribution in [1.82, 2.24) is 4.90 Å². The van der Waals surface area contributed by atoms with Crippen LogP contribution >= 0.6 is 0 Å². The second-order valence-corrected chi connectivity index (χ2v) is 6.58. The molecular formula is C15H26N2O. The Morgan fingerprint density at radius 1 is 1.11 bits per heavy atom. The molecule has 3 aliphatic rings. The van der Waals surface area contributed by atoms with E-state index in [1.54, 1.807) is 0 Å². The van der Waals surface area contributed by atoms with Gasteiger partial charge in [-0.05, 0) is 50.0 Å². The molecule has 0 spiro atoms. The third-order valence-corrected chi connectivity index (χ3v) is 5.71. The van der Waals surface area contributed by atoms with Crippen molar-refractivity contribution in [1.29, 1.82) is 0 Å². The van der Waals surface area contributed by atoms with Gasteiger partial charge in [0.2, 0.25) is 5.91 Å². The Balaban J connectivity index is 1.62. The summed E-state index contributed by atoms with van der Waals surface area (Å²) in [6.07, 6.45) is 8.84. The van der Waals surface area contributed by atoms with E-state index in [-0.39, 0.29) is 0 Å². The molecule has 3 saturated carbocycles. The van der Waals surface area contributed by atoms with Gasteiger partial charge < -0.3 is 10.6 Å². The number of carbonyl (C=O) groups is 1. The van der Waals surface area contributed by atoms with Crippen molar-refractivity contribution in [2.75, 3.05) is 13.6 Å². The van der Waals surface area contributed by atoms with E-state index in [0.717, 1.165) is 24.8 Å². The number of hydrogen-bond acceptors (Lipinski definition) is 2. The van der Waals surface area contributed by atoms with Gasteiger partial charge in [-0.1, -0.05) is 19.3 Å². The predicted molar refractivity (Wildman–Crippen MR) is 71.9 cm³/mol. The minimum atomic E-state index is 0.379. The van der Waals surface area contributed by atoms with Gasteiger partial charge in [-0.3, -0.25) is 4.79 Å². The first kappa shape index (κ1) is 12.5. The molecule has 0 aromatic carbocycles. The summed E-state index contributed by atoms with van der Waals surface area (Å²) in [4.78, 5) is 14.6. The number of nitrogens with two attached hydrogens (primary N) is 1. The first-order valence-electron chi connectivity index (χ1n) is 7.70. The predicted octanol–water partition coefficient (Wildman–Crippen LogP) is 2.01. The van der Waals surface area contributed by atoms with E-state index in [2.05, 4.69) is 4.90 Å². The van der Waals surface area contributed by atoms with Gasteiger partial charge in [0.15, 0.2) is 0 Å². The zero-order chi connectivity index (χ0) is 12.7. The molecule has 3 heteroatoms. The number of amides is 1. The van der Waals surface area contributed by atoms with Crippen LogP contribution in [0.1, 0.15) is 44.9 Å². The van der Waals surface area contributed by atoms with Gasteiger partial charge in [0.1, 0.15) is 0 Å². The fourth-order valence-corrected chi connectivity index (χ4v) is 4.56. The quantitative estimate of drug-likeness (QED) is 0.833. The van der Waals surface area contributed by atoms with Crippen LogP contribution in [0.2, 0.25) is 0 Å². The van der Waals surface area contributed by atoms with Crippen molar-refractivity contribution in [2.24, 2.45) is 29.4 Å². The lowest BCUT2D eigenvalue weighted by Gasteiger charge is -2.38. The van der Waals surface area contributed by atoms with Gasteiger partial charge >= 0.3 is 0 Å². The largest absolute Gasteiger partial charge is 0.342 e. The number of rotatable bonds is 3. The third kappa shape index (κ3) is 1.97. The second kappa shape index (κ2) is 4.84. The van der Waals surface area contributed by atoms with Gasteiger partial charge in [0.25, 0.3) is 0 Å². The Labute approximate surface area is 110 Å². The molecule has 3 aliphatic carbocycles. The smallest absolute Gasteiger partial charge is 0.226 e. The maximum atomic E-state index is 12.6. The van der Waals surface area contributed by atoms with E-state index in [1.807, 2.05) is 7.05 Å². The third-order valence-electron chi connectivity index (χ3n) is 5.71. The Bertz CT molecular complexity index is 320. The van der Waals surface area contributed by atoms with E-state index >= 15 is 0 Å². The normalized spacial score (nSPS) is 42.4. The highest BCUT2D eigenvalue weighted by molar-refractivity contribution is 5.82. The Morgan fingerprint density at radius 3 is 2.44 bits per heavy atom. The van der Waals surface area contributed by atoms with Crippen molar-refractivity contribution >= 4 is 5.91 Å². The summed E-state index contributed by atoms with van der Waals surface area (Å²) in [5.74, 6) is 2.81. The summed E-state index contributed by atoms with van der Waals surface area (Å²) >= 11 is 0. The van der Waals surface area contributed by atoms with Crippen LogP contribution in [0, 0.1) is 23.7 Å². The summed E-state index contributed by atoms with van der Waals surface area (Å²) in [7, 11) is 2.02. The van der Waals surface area contributed by atoms with Crippen molar-refractivity contribution in [2.45, 2.75) is 51.0 Å². The SMILES string of the molecule is CN(C(=O)C1C2CCCC21)C1CCCCC1CN. The van der Waals surface area contributed by atoms with Crippen molar-refractivity contribution in [3.8, 4) is 0 Å². The molecule has 0 aromatic rings. The molecule has 102 valence electrons. The highest BCUT2D eigenvalue weighted by Crippen LogP contribution is 2.58. The van der Waals surface area contributed by atoms with Gasteiger partial charge in [0, 0.05) is 19.0 Å². The van der Waals surface area contributed by atoms with Gasteiger partial charge in [-0.2, -0.15) is 0 Å². The van der Waals surface area contributed by atoms with Crippen LogP contribution < -0.4 is 5.73 Å². The number of carbonyl (C=O) groups excluding carboxylic acids is 1. The highest BCUT2D eigenvalue weighted by atomic mass is 16.2. The zero-order valence-corrected chi connectivity index (χ0v) is 11.5. The standard InChI is InChI=1S/C15H26N2O/c1-17(13-8-3-2-5-10(13)9-16)15(18)14-11-6-4-7-12(11)14/h10-14H,2-9,16H2,1H3. The minimum Gasteiger partial charge on any atom is -0.342 e. The average Bonchev–Trinajstić information content (AvgIpc) is 2.89. The molecule has 4 atom stereocenters. The van der Waals surface area contributed by atoms with E-state index in [1.165, 1.54) is 38.5 Å². The maximum Gasteiger partial charge on any atom is 0.226 e. The van der Waals surface area contributed by atoms with Crippen LogP contribution in [0.25, 0.3) is 0 Å². The van der Waals surface area contributed by atoms with Crippen molar-refractivity contribution in [3.63, 3.8) is 0 Å². The molecule has 3 rings (SSSR count). The zero-order valence-electron chi connectivity index (χ0n) is 11.5. The summed E-state index contributed by atoms with van der Waals surface area (Å²) in [5, 5.41) is 0. The Kier molecular flexibility index (Phi) is 3.35. The molecule has 0 heterocycles. The summed E-state index contributed by atoms with van der Waals surface area (Å²) < 4.78 is 0. The molecule has 1 amide bonds. The number of fused-ring (bicyclic) bond motifs is 1. The number of hydrogen-bond donors (Lipinski definition) is 1. The fourth-order valence-electron chi connectivity index (χ4n) is 4.56. The lowest BCUT2D eigenvalue weighted by molar-refractivity contribution is -0.135. The highest BCUT2D eigenvalue weighted by Gasteiger charge is 2.57. The lowest BCUT2D eigenvalue weighted by Crippen LogP contribution is -2.46. The van der Waals surface area contributed by atoms with Crippen LogP contribution in [0.15, 0.2) is 0 Å². The van der Waals surface area contributed by atoms with E-state index < -0.39 is 0 Å². The molecule has 0 aliphatic heterocycles. The molecule has 4 unspecified atom stereocenters. The number of nitrogens with zero attached hydrogens (tertiary/aromatic N) is 1. The van der Waals surface area contributed by atoms with Crippen LogP contribution in [-0.2, 0) is 4.79 Å². The first-order valence-corrected chi connectivity index (χ1v) is 7.70. The van der Waals surface area contributed by atoms with E-state index in [4.69, 9.17) is 5.73 Å². The van der Waals surface area contributed by atoms with Crippen molar-refractivity contribution in [3.05, 3.63) is 0 Å². The molecule has 0 saturated heterocycles.